The van der Waals surface area contributed by atoms with Crippen molar-refractivity contribution < 1.29 is 5.11 Å². The smallest absolute Gasteiger partial charge is 0.0626 e. The lowest BCUT2D eigenvalue weighted by Gasteiger charge is -2.06. The predicted molar refractivity (Wildman–Crippen MR) is 116 cm³/mol. The van der Waals surface area contributed by atoms with E-state index in [1.54, 1.807) is 0 Å². The summed E-state index contributed by atoms with van der Waals surface area (Å²) in [4.78, 5) is 4.56. The maximum Gasteiger partial charge on any atom is 0.0626 e. The number of aliphatic hydroxyl groups excluding tert-OH is 1. The molecule has 2 heteroatoms. The van der Waals surface area contributed by atoms with Crippen molar-refractivity contribution in [1.29, 1.82) is 0 Å². The Morgan fingerprint density at radius 2 is 1.81 bits per heavy atom. The van der Waals surface area contributed by atoms with Gasteiger partial charge in [-0.3, -0.25) is 4.98 Å². The third kappa shape index (κ3) is 5.38. The Balaban J connectivity index is 1.70. The van der Waals surface area contributed by atoms with Crippen LogP contribution < -0.4 is 0 Å². The SMILES string of the molecule is C=CCc1ccc2cc(-c3ccc(/C=C/CCCC(C)O)nc3)ccc2c1. The standard InChI is InChI=1S/C25H27NO/c1-3-7-20-10-11-22-17-23(13-12-21(22)16-20)24-14-15-25(26-18-24)9-6-4-5-8-19(2)27/h3,6,9-19,27H,1,4-5,7-8H2,2H3/b9-6+. The van der Waals surface area contributed by atoms with Crippen LogP contribution in [-0.4, -0.2) is 16.2 Å². The summed E-state index contributed by atoms with van der Waals surface area (Å²) < 4.78 is 0. The molecule has 0 saturated heterocycles. The normalized spacial score (nSPS) is 12.5. The zero-order chi connectivity index (χ0) is 19.1. The number of benzene rings is 2. The van der Waals surface area contributed by atoms with Gasteiger partial charge in [-0.05, 0) is 72.7 Å². The number of pyridine rings is 1. The van der Waals surface area contributed by atoms with E-state index in [-0.39, 0.29) is 6.10 Å². The fourth-order valence-corrected chi connectivity index (χ4v) is 3.18. The number of aliphatic hydroxyl groups is 1. The highest BCUT2D eigenvalue weighted by Crippen LogP contribution is 2.25. The Kier molecular flexibility index (Phi) is 6.56. The molecule has 0 fully saturated rings. The molecule has 3 rings (SSSR count). The lowest BCUT2D eigenvalue weighted by Crippen LogP contribution is -1.97. The molecule has 0 saturated carbocycles. The summed E-state index contributed by atoms with van der Waals surface area (Å²) in [6, 6.07) is 17.3. The predicted octanol–water partition coefficient (Wildman–Crippen LogP) is 6.19. The van der Waals surface area contributed by atoms with Crippen molar-refractivity contribution in [2.24, 2.45) is 0 Å². The number of fused-ring (bicyclic) bond motifs is 1. The first-order valence-corrected chi connectivity index (χ1v) is 9.60. The van der Waals surface area contributed by atoms with Gasteiger partial charge in [0.05, 0.1) is 11.8 Å². The van der Waals surface area contributed by atoms with Gasteiger partial charge >= 0.3 is 0 Å². The van der Waals surface area contributed by atoms with Crippen LogP contribution in [0.2, 0.25) is 0 Å². The Hall–Kier alpha value is -2.71. The summed E-state index contributed by atoms with van der Waals surface area (Å²) >= 11 is 0. The number of allylic oxidation sites excluding steroid dienone is 2. The van der Waals surface area contributed by atoms with E-state index in [0.29, 0.717) is 0 Å². The van der Waals surface area contributed by atoms with Crippen LogP contribution in [0.3, 0.4) is 0 Å². The summed E-state index contributed by atoms with van der Waals surface area (Å²) in [5.74, 6) is 0. The summed E-state index contributed by atoms with van der Waals surface area (Å²) in [6.45, 7) is 5.64. The Labute approximate surface area is 161 Å². The molecule has 3 aromatic rings. The van der Waals surface area contributed by atoms with E-state index in [4.69, 9.17) is 0 Å². The molecule has 1 N–H and O–H groups in total. The second kappa shape index (κ2) is 9.29. The van der Waals surface area contributed by atoms with Crippen LogP contribution in [-0.2, 0) is 6.42 Å². The molecule has 0 aliphatic rings. The number of nitrogens with zero attached hydrogens (tertiary/aromatic N) is 1. The van der Waals surface area contributed by atoms with Crippen LogP contribution in [0.1, 0.15) is 37.4 Å². The average molecular weight is 357 g/mol. The van der Waals surface area contributed by atoms with E-state index in [0.717, 1.165) is 36.9 Å². The minimum atomic E-state index is -0.216. The second-order valence-corrected chi connectivity index (χ2v) is 7.04. The summed E-state index contributed by atoms with van der Waals surface area (Å²) in [5.41, 5.74) is 4.56. The van der Waals surface area contributed by atoms with Crippen molar-refractivity contribution in [3.05, 3.63) is 84.7 Å². The van der Waals surface area contributed by atoms with E-state index < -0.39 is 0 Å². The molecule has 0 aliphatic carbocycles. The highest BCUT2D eigenvalue weighted by atomic mass is 16.3. The van der Waals surface area contributed by atoms with Crippen molar-refractivity contribution in [1.82, 2.24) is 4.98 Å². The van der Waals surface area contributed by atoms with E-state index in [9.17, 15) is 5.11 Å². The summed E-state index contributed by atoms with van der Waals surface area (Å²) in [5, 5.41) is 11.8. The van der Waals surface area contributed by atoms with Crippen molar-refractivity contribution in [2.75, 3.05) is 0 Å². The van der Waals surface area contributed by atoms with Crippen LogP contribution in [0.15, 0.2) is 73.5 Å². The molecular formula is C25H27NO. The molecule has 1 unspecified atom stereocenters. The van der Waals surface area contributed by atoms with E-state index >= 15 is 0 Å². The largest absolute Gasteiger partial charge is 0.393 e. The Morgan fingerprint density at radius 1 is 1.04 bits per heavy atom. The van der Waals surface area contributed by atoms with Gasteiger partial charge in [0.25, 0.3) is 0 Å². The van der Waals surface area contributed by atoms with Crippen molar-refractivity contribution in [3.8, 4) is 11.1 Å². The van der Waals surface area contributed by atoms with Crippen molar-refractivity contribution in [2.45, 2.75) is 38.7 Å². The second-order valence-electron chi connectivity index (χ2n) is 7.04. The Bertz CT molecular complexity index is 923. The van der Waals surface area contributed by atoms with Gasteiger partial charge < -0.3 is 5.11 Å². The van der Waals surface area contributed by atoms with E-state index in [1.807, 2.05) is 25.3 Å². The minimum Gasteiger partial charge on any atom is -0.393 e. The summed E-state index contributed by atoms with van der Waals surface area (Å²) in [6.07, 6.45) is 11.5. The van der Waals surface area contributed by atoms with Gasteiger partial charge in [-0.15, -0.1) is 6.58 Å². The van der Waals surface area contributed by atoms with Crippen LogP contribution in [0.5, 0.6) is 0 Å². The summed E-state index contributed by atoms with van der Waals surface area (Å²) in [7, 11) is 0. The molecule has 1 atom stereocenters. The number of hydrogen-bond acceptors (Lipinski definition) is 2. The zero-order valence-corrected chi connectivity index (χ0v) is 15.9. The maximum atomic E-state index is 9.27. The van der Waals surface area contributed by atoms with Gasteiger partial charge in [0.15, 0.2) is 0 Å². The van der Waals surface area contributed by atoms with Gasteiger partial charge in [-0.1, -0.05) is 48.6 Å². The third-order valence-corrected chi connectivity index (χ3v) is 4.69. The number of hydrogen-bond donors (Lipinski definition) is 1. The van der Waals surface area contributed by atoms with Gasteiger partial charge in [0.2, 0.25) is 0 Å². The molecule has 0 amide bonds. The lowest BCUT2D eigenvalue weighted by molar-refractivity contribution is 0.182. The van der Waals surface area contributed by atoms with Gasteiger partial charge in [-0.2, -0.15) is 0 Å². The number of aromatic nitrogens is 1. The fourth-order valence-electron chi connectivity index (χ4n) is 3.18. The van der Waals surface area contributed by atoms with Gasteiger partial charge in [0.1, 0.15) is 0 Å². The van der Waals surface area contributed by atoms with Crippen molar-refractivity contribution in [3.63, 3.8) is 0 Å². The quantitative estimate of drug-likeness (QED) is 0.385. The maximum absolute atomic E-state index is 9.27. The van der Waals surface area contributed by atoms with Crippen LogP contribution in [0.25, 0.3) is 28.0 Å². The molecule has 138 valence electrons. The minimum absolute atomic E-state index is 0.216. The monoisotopic (exact) mass is 357 g/mol. The van der Waals surface area contributed by atoms with E-state index in [1.165, 1.54) is 21.9 Å². The number of unbranched alkanes of at least 4 members (excludes halogenated alkanes) is 1. The average Bonchev–Trinajstić information content (AvgIpc) is 2.68. The highest BCUT2D eigenvalue weighted by Gasteiger charge is 2.02. The molecule has 2 nitrogen and oxygen atoms in total. The number of rotatable bonds is 8. The van der Waals surface area contributed by atoms with Gasteiger partial charge in [0, 0.05) is 11.8 Å². The Morgan fingerprint density at radius 3 is 2.56 bits per heavy atom. The highest BCUT2D eigenvalue weighted by molar-refractivity contribution is 5.87. The molecule has 1 aromatic heterocycles. The molecule has 27 heavy (non-hydrogen) atoms. The molecule has 0 bridgehead atoms. The van der Waals surface area contributed by atoms with Crippen molar-refractivity contribution >= 4 is 16.8 Å². The first-order chi connectivity index (χ1) is 13.2. The van der Waals surface area contributed by atoms with Crippen LogP contribution in [0, 0.1) is 0 Å². The van der Waals surface area contributed by atoms with E-state index in [2.05, 4.69) is 66.2 Å². The molecule has 1 heterocycles. The molecular weight excluding hydrogens is 330 g/mol. The first kappa shape index (κ1) is 19.1. The third-order valence-electron chi connectivity index (χ3n) is 4.69. The van der Waals surface area contributed by atoms with Crippen LogP contribution >= 0.6 is 0 Å². The first-order valence-electron chi connectivity index (χ1n) is 9.60. The van der Waals surface area contributed by atoms with Crippen LogP contribution in [0.4, 0.5) is 0 Å². The zero-order valence-electron chi connectivity index (χ0n) is 15.9. The lowest BCUT2D eigenvalue weighted by atomic mass is 10.00. The topological polar surface area (TPSA) is 33.1 Å². The van der Waals surface area contributed by atoms with Gasteiger partial charge in [-0.25, -0.2) is 0 Å². The molecule has 0 aliphatic heterocycles. The molecule has 2 aromatic carbocycles. The molecule has 0 radical (unpaired) electrons. The molecule has 0 spiro atoms. The fraction of sp³-hybridized carbons (Fsp3) is 0.240.